The van der Waals surface area contributed by atoms with Crippen LogP contribution < -0.4 is 44.6 Å². The molecule has 1 radical (unpaired) electrons. The summed E-state index contributed by atoms with van der Waals surface area (Å²) in [7, 11) is 3.88. The molecule has 0 bridgehead atoms. The van der Waals surface area contributed by atoms with E-state index in [4.69, 9.17) is 0 Å². The van der Waals surface area contributed by atoms with Gasteiger partial charge in [-0.1, -0.05) is 0 Å². The van der Waals surface area contributed by atoms with Crippen molar-refractivity contribution >= 4 is 0 Å². The van der Waals surface area contributed by atoms with E-state index in [1.54, 1.807) is 0 Å². The molecule has 0 aromatic heterocycles. The molecule has 5 heteroatoms. The zero-order chi connectivity index (χ0) is 4.83. The maximum Gasteiger partial charge on any atom is 2.00 e. The van der Waals surface area contributed by atoms with Crippen LogP contribution in [-0.4, -0.2) is 27.2 Å². The van der Waals surface area contributed by atoms with Gasteiger partial charge in [0.25, 0.3) is 0 Å². The Morgan fingerprint density at radius 2 is 1.11 bits per heavy atom. The van der Waals surface area contributed by atoms with Crippen LogP contribution in [0.2, 0.25) is 0 Å². The molecule has 0 aromatic carbocycles. The molecule has 0 aromatic rings. The van der Waals surface area contributed by atoms with Gasteiger partial charge < -0.3 is 44.6 Å². The average molecular weight is 312 g/mol. The van der Waals surface area contributed by atoms with Gasteiger partial charge >= 0.3 is 17.1 Å². The number of rotatable bonds is 3. The minimum absolute atomic E-state index is 0. The van der Waals surface area contributed by atoms with Gasteiger partial charge in [0.05, 0.1) is 0 Å². The third kappa shape index (κ3) is 26.6. The summed E-state index contributed by atoms with van der Waals surface area (Å²) in [5, 5.41) is 6.01. The molecule has 0 unspecified atom stereocenters. The largest absolute Gasteiger partial charge is 2.00 e. The van der Waals surface area contributed by atoms with Gasteiger partial charge in [-0.15, -0.1) is 0 Å². The van der Waals surface area contributed by atoms with Crippen LogP contribution in [-0.2, 0) is 17.1 Å². The first-order chi connectivity index (χ1) is 2.91. The fraction of sp³-hybridized carbons (Fsp3) is 1.00. The van der Waals surface area contributed by atoms with Crippen LogP contribution in [0.15, 0.2) is 0 Å². The predicted octanol–water partition coefficient (Wildman–Crippen LogP) is -6.57. The minimum atomic E-state index is 0. The van der Waals surface area contributed by atoms with Crippen LogP contribution in [0.1, 0.15) is 0 Å². The van der Waals surface area contributed by atoms with Crippen molar-refractivity contribution < 1.29 is 51.0 Å². The Bertz CT molecular complexity index is 28.5. The van der Waals surface area contributed by atoms with E-state index in [0.717, 1.165) is 13.1 Å². The van der Waals surface area contributed by atoms with Crippen LogP contribution in [0.3, 0.4) is 0 Å². The molecular formula is C4H12Br2CuN2. The molecule has 9 heavy (non-hydrogen) atoms. The summed E-state index contributed by atoms with van der Waals surface area (Å²) in [5.74, 6) is 0. The third-order valence-corrected chi connectivity index (χ3v) is 0.625. The molecule has 0 rings (SSSR count). The van der Waals surface area contributed by atoms with E-state index >= 15 is 0 Å². The Balaban J connectivity index is -0.0000000417. The van der Waals surface area contributed by atoms with E-state index in [1.807, 2.05) is 14.1 Å². The van der Waals surface area contributed by atoms with Crippen molar-refractivity contribution in [2.24, 2.45) is 0 Å². The molecule has 0 aliphatic carbocycles. The minimum Gasteiger partial charge on any atom is -1.00 e. The fourth-order valence-electron chi connectivity index (χ4n) is 0.250. The van der Waals surface area contributed by atoms with Gasteiger partial charge in [0.1, 0.15) is 0 Å². The molecular weight excluding hydrogens is 299 g/mol. The summed E-state index contributed by atoms with van der Waals surface area (Å²) in [5.41, 5.74) is 0. The summed E-state index contributed by atoms with van der Waals surface area (Å²) < 4.78 is 0. The molecule has 2 N–H and O–H groups in total. The van der Waals surface area contributed by atoms with Crippen LogP contribution in [0.5, 0.6) is 0 Å². The van der Waals surface area contributed by atoms with E-state index in [-0.39, 0.29) is 51.0 Å². The number of nitrogens with one attached hydrogen (secondary N) is 2. The Morgan fingerprint density at radius 3 is 1.22 bits per heavy atom. The number of halogens is 2. The van der Waals surface area contributed by atoms with Crippen molar-refractivity contribution in [1.29, 1.82) is 0 Å². The SMILES string of the molecule is CNCCNC.[Br-].[Br-].[Cu+2]. The molecule has 0 atom stereocenters. The molecule has 0 saturated heterocycles. The van der Waals surface area contributed by atoms with E-state index in [0.29, 0.717) is 0 Å². The first kappa shape index (κ1) is 22.4. The summed E-state index contributed by atoms with van der Waals surface area (Å²) in [6.45, 7) is 2.10. The number of hydrogen-bond donors (Lipinski definition) is 2. The smallest absolute Gasteiger partial charge is 1.00 e. The summed E-state index contributed by atoms with van der Waals surface area (Å²) in [6.07, 6.45) is 0. The number of likely N-dealkylation sites (N-methyl/N-ethyl adjacent to an activating group) is 2. The zero-order valence-corrected chi connectivity index (χ0v) is 9.59. The van der Waals surface area contributed by atoms with Gasteiger partial charge in [-0.2, -0.15) is 0 Å². The predicted molar refractivity (Wildman–Crippen MR) is 27.9 cm³/mol. The maximum absolute atomic E-state index is 3.01. The van der Waals surface area contributed by atoms with Gasteiger partial charge in [-0.05, 0) is 14.1 Å². The molecule has 0 aliphatic heterocycles. The Labute approximate surface area is 88.6 Å². The van der Waals surface area contributed by atoms with Crippen molar-refractivity contribution in [3.05, 3.63) is 0 Å². The van der Waals surface area contributed by atoms with E-state index < -0.39 is 0 Å². The van der Waals surface area contributed by atoms with E-state index in [9.17, 15) is 0 Å². The second-order valence-corrected chi connectivity index (χ2v) is 1.21. The van der Waals surface area contributed by atoms with Crippen molar-refractivity contribution in [3.63, 3.8) is 0 Å². The molecule has 0 spiro atoms. The third-order valence-electron chi connectivity index (χ3n) is 0.625. The van der Waals surface area contributed by atoms with Gasteiger partial charge in [0.2, 0.25) is 0 Å². The van der Waals surface area contributed by atoms with Crippen molar-refractivity contribution in [2.75, 3.05) is 27.2 Å². The first-order valence-electron chi connectivity index (χ1n) is 2.21. The molecule has 0 amide bonds. The summed E-state index contributed by atoms with van der Waals surface area (Å²) in [6, 6.07) is 0. The second-order valence-electron chi connectivity index (χ2n) is 1.21. The summed E-state index contributed by atoms with van der Waals surface area (Å²) in [4.78, 5) is 0. The molecule has 2 nitrogen and oxygen atoms in total. The quantitative estimate of drug-likeness (QED) is 0.400. The van der Waals surface area contributed by atoms with Gasteiger partial charge in [0, 0.05) is 13.1 Å². The van der Waals surface area contributed by atoms with Crippen molar-refractivity contribution in [3.8, 4) is 0 Å². The van der Waals surface area contributed by atoms with Gasteiger partial charge in [-0.25, -0.2) is 0 Å². The van der Waals surface area contributed by atoms with Crippen LogP contribution in [0.25, 0.3) is 0 Å². The Morgan fingerprint density at radius 1 is 0.889 bits per heavy atom. The molecule has 0 heterocycles. The molecule has 63 valence electrons. The Kier molecular flexibility index (Phi) is 56.7. The van der Waals surface area contributed by atoms with Gasteiger partial charge in [0.15, 0.2) is 0 Å². The summed E-state index contributed by atoms with van der Waals surface area (Å²) >= 11 is 0. The van der Waals surface area contributed by atoms with Crippen LogP contribution in [0, 0.1) is 0 Å². The normalized spacial score (nSPS) is 6.00. The number of hydrogen-bond acceptors (Lipinski definition) is 2. The topological polar surface area (TPSA) is 24.1 Å². The van der Waals surface area contributed by atoms with Gasteiger partial charge in [-0.3, -0.25) is 0 Å². The second kappa shape index (κ2) is 22.7. The van der Waals surface area contributed by atoms with Crippen molar-refractivity contribution in [2.45, 2.75) is 0 Å². The fourth-order valence-corrected chi connectivity index (χ4v) is 0.250. The first-order valence-corrected chi connectivity index (χ1v) is 2.21. The van der Waals surface area contributed by atoms with E-state index in [1.165, 1.54) is 0 Å². The van der Waals surface area contributed by atoms with Crippen LogP contribution in [0.4, 0.5) is 0 Å². The zero-order valence-electron chi connectivity index (χ0n) is 5.47. The average Bonchev–Trinajstić information content (AvgIpc) is 1.61. The van der Waals surface area contributed by atoms with E-state index in [2.05, 4.69) is 10.6 Å². The molecule has 0 aliphatic rings. The van der Waals surface area contributed by atoms with Crippen molar-refractivity contribution in [1.82, 2.24) is 10.6 Å². The molecule has 0 saturated carbocycles. The maximum atomic E-state index is 3.01. The Hall–Kier alpha value is 1.40. The van der Waals surface area contributed by atoms with Crippen LogP contribution >= 0.6 is 0 Å². The molecule has 0 fully saturated rings. The monoisotopic (exact) mass is 309 g/mol. The standard InChI is InChI=1S/C4H12N2.2BrH.Cu/c1-5-3-4-6-2;;;/h5-6H,3-4H2,1-2H3;2*1H;/q;;;+2/p-2.